The second-order valence-corrected chi connectivity index (χ2v) is 7.64. The third-order valence-corrected chi connectivity index (χ3v) is 5.33. The van der Waals surface area contributed by atoms with Crippen LogP contribution in [0.5, 0.6) is 0 Å². The SMILES string of the molecule is Cc1sc2nc(CC(=O)N/N=C/c3ccc(N(C)C)cc3)[nH]c(=O)c2c1C. The van der Waals surface area contributed by atoms with Crippen LogP contribution in [0, 0.1) is 13.8 Å². The number of carbonyl (C=O) groups is 1. The molecular weight excluding hydrogens is 362 g/mol. The minimum atomic E-state index is -0.344. The molecule has 0 spiro atoms. The van der Waals surface area contributed by atoms with Crippen molar-refractivity contribution in [3.63, 3.8) is 0 Å². The lowest BCUT2D eigenvalue weighted by Crippen LogP contribution is -2.23. The molecule has 0 aliphatic heterocycles. The highest BCUT2D eigenvalue weighted by Gasteiger charge is 2.13. The van der Waals surface area contributed by atoms with Gasteiger partial charge in [-0.05, 0) is 37.1 Å². The van der Waals surface area contributed by atoms with Gasteiger partial charge in [-0.25, -0.2) is 10.4 Å². The number of amides is 1. The summed E-state index contributed by atoms with van der Waals surface area (Å²) in [5.41, 5.74) is 5.14. The zero-order chi connectivity index (χ0) is 19.6. The number of aromatic nitrogens is 2. The normalized spacial score (nSPS) is 11.3. The van der Waals surface area contributed by atoms with Crippen molar-refractivity contribution in [2.45, 2.75) is 20.3 Å². The van der Waals surface area contributed by atoms with Crippen molar-refractivity contribution < 1.29 is 4.79 Å². The zero-order valence-corrected chi connectivity index (χ0v) is 16.5. The van der Waals surface area contributed by atoms with Gasteiger partial charge in [-0.3, -0.25) is 9.59 Å². The van der Waals surface area contributed by atoms with Crippen molar-refractivity contribution in [1.82, 2.24) is 15.4 Å². The number of aryl methyl sites for hydroxylation is 2. The van der Waals surface area contributed by atoms with Crippen molar-refractivity contribution in [2.24, 2.45) is 5.10 Å². The Bertz CT molecular complexity index is 1060. The molecule has 1 aromatic carbocycles. The minimum absolute atomic E-state index is 0.0436. The number of hydrazone groups is 1. The highest BCUT2D eigenvalue weighted by atomic mass is 32.1. The van der Waals surface area contributed by atoms with E-state index in [0.29, 0.717) is 16.0 Å². The summed E-state index contributed by atoms with van der Waals surface area (Å²) in [6.07, 6.45) is 1.53. The number of rotatable bonds is 5. The fraction of sp³-hybridized carbons (Fsp3) is 0.263. The summed E-state index contributed by atoms with van der Waals surface area (Å²) in [5.74, 6) is -0.0135. The Kier molecular flexibility index (Phi) is 5.36. The molecule has 0 aliphatic rings. The van der Waals surface area contributed by atoms with Gasteiger partial charge in [0.05, 0.1) is 18.0 Å². The van der Waals surface area contributed by atoms with Crippen LogP contribution in [0.2, 0.25) is 0 Å². The second-order valence-electron chi connectivity index (χ2n) is 6.43. The fourth-order valence-electron chi connectivity index (χ4n) is 2.61. The monoisotopic (exact) mass is 383 g/mol. The smallest absolute Gasteiger partial charge is 0.259 e. The number of fused-ring (bicyclic) bond motifs is 1. The molecule has 3 aromatic rings. The van der Waals surface area contributed by atoms with Crippen LogP contribution in [0.15, 0.2) is 34.2 Å². The third kappa shape index (κ3) is 4.22. The second kappa shape index (κ2) is 7.71. The van der Waals surface area contributed by atoms with Crippen LogP contribution in [-0.2, 0) is 11.2 Å². The number of nitrogens with zero attached hydrogens (tertiary/aromatic N) is 3. The summed E-state index contributed by atoms with van der Waals surface area (Å²) in [7, 11) is 3.94. The number of benzene rings is 1. The van der Waals surface area contributed by atoms with E-state index in [2.05, 4.69) is 20.5 Å². The van der Waals surface area contributed by atoms with Crippen molar-refractivity contribution in [2.75, 3.05) is 19.0 Å². The van der Waals surface area contributed by atoms with Gasteiger partial charge in [0.1, 0.15) is 10.7 Å². The van der Waals surface area contributed by atoms with Gasteiger partial charge >= 0.3 is 0 Å². The molecule has 140 valence electrons. The number of anilines is 1. The number of thiophene rings is 1. The molecule has 2 N–H and O–H groups in total. The molecule has 27 heavy (non-hydrogen) atoms. The first-order valence-electron chi connectivity index (χ1n) is 8.43. The lowest BCUT2D eigenvalue weighted by Gasteiger charge is -2.11. The fourth-order valence-corrected chi connectivity index (χ4v) is 3.66. The highest BCUT2D eigenvalue weighted by Crippen LogP contribution is 2.25. The van der Waals surface area contributed by atoms with Gasteiger partial charge < -0.3 is 9.88 Å². The first-order chi connectivity index (χ1) is 12.8. The van der Waals surface area contributed by atoms with Gasteiger partial charge in [-0.2, -0.15) is 5.10 Å². The van der Waals surface area contributed by atoms with E-state index < -0.39 is 0 Å². The Labute approximate surface area is 160 Å². The molecule has 1 amide bonds. The molecule has 0 saturated carbocycles. The highest BCUT2D eigenvalue weighted by molar-refractivity contribution is 7.18. The number of nitrogens with one attached hydrogen (secondary N) is 2. The van der Waals surface area contributed by atoms with Gasteiger partial charge in [-0.15, -0.1) is 11.3 Å². The van der Waals surface area contributed by atoms with Crippen LogP contribution in [0.25, 0.3) is 10.2 Å². The average molecular weight is 383 g/mol. The molecule has 8 heteroatoms. The van der Waals surface area contributed by atoms with Crippen molar-refractivity contribution >= 4 is 39.4 Å². The number of aromatic amines is 1. The van der Waals surface area contributed by atoms with E-state index in [1.54, 1.807) is 6.21 Å². The molecule has 0 bridgehead atoms. The maximum Gasteiger partial charge on any atom is 0.259 e. The molecule has 0 aliphatic carbocycles. The van der Waals surface area contributed by atoms with Crippen LogP contribution in [0.1, 0.15) is 21.8 Å². The number of hydrogen-bond acceptors (Lipinski definition) is 6. The molecular formula is C19H21N5O2S. The summed E-state index contributed by atoms with van der Waals surface area (Å²) in [4.78, 5) is 35.1. The van der Waals surface area contributed by atoms with Gasteiger partial charge in [-0.1, -0.05) is 12.1 Å². The molecule has 0 atom stereocenters. The molecule has 0 radical (unpaired) electrons. The summed E-state index contributed by atoms with van der Waals surface area (Å²) in [5, 5.41) is 4.56. The van der Waals surface area contributed by atoms with E-state index in [1.807, 2.05) is 57.1 Å². The van der Waals surface area contributed by atoms with Gasteiger partial charge in [0.25, 0.3) is 5.56 Å². The van der Waals surface area contributed by atoms with Crippen LogP contribution >= 0.6 is 11.3 Å². The molecule has 3 rings (SSSR count). The Hall–Kier alpha value is -3.00. The molecule has 2 aromatic heterocycles. The summed E-state index contributed by atoms with van der Waals surface area (Å²) >= 11 is 1.46. The van der Waals surface area contributed by atoms with Gasteiger partial charge in [0.15, 0.2) is 0 Å². The van der Waals surface area contributed by atoms with Crippen LogP contribution in [-0.4, -0.2) is 36.2 Å². The summed E-state index contributed by atoms with van der Waals surface area (Å²) in [6.45, 7) is 3.85. The lowest BCUT2D eigenvalue weighted by atomic mass is 10.2. The van der Waals surface area contributed by atoms with Crippen LogP contribution in [0.4, 0.5) is 5.69 Å². The Morgan fingerprint density at radius 1 is 1.30 bits per heavy atom. The maximum atomic E-state index is 12.2. The lowest BCUT2D eigenvalue weighted by molar-refractivity contribution is -0.120. The van der Waals surface area contributed by atoms with E-state index >= 15 is 0 Å². The quantitative estimate of drug-likeness (QED) is 0.523. The average Bonchev–Trinajstić information content (AvgIpc) is 2.89. The molecule has 0 unspecified atom stereocenters. The minimum Gasteiger partial charge on any atom is -0.378 e. The molecule has 2 heterocycles. The Morgan fingerprint density at radius 2 is 2.00 bits per heavy atom. The standard InChI is InChI=1S/C19H21N5O2S/c1-11-12(2)27-19-17(11)18(26)21-15(22-19)9-16(25)23-20-10-13-5-7-14(8-6-13)24(3)4/h5-8,10H,9H2,1-4H3,(H,23,25)(H,21,22,26)/b20-10+. The number of carbonyl (C=O) groups excluding carboxylic acids is 1. The first kappa shape index (κ1) is 18.8. The topological polar surface area (TPSA) is 90.4 Å². The van der Waals surface area contributed by atoms with Gasteiger partial charge in [0.2, 0.25) is 5.91 Å². The third-order valence-electron chi connectivity index (χ3n) is 4.23. The number of H-pyrrole nitrogens is 1. The van der Waals surface area contributed by atoms with Gasteiger partial charge in [0, 0.05) is 24.7 Å². The number of hydrogen-bond donors (Lipinski definition) is 2. The van der Waals surface area contributed by atoms with Crippen LogP contribution < -0.4 is 15.9 Å². The van der Waals surface area contributed by atoms with Crippen LogP contribution in [0.3, 0.4) is 0 Å². The van der Waals surface area contributed by atoms with Crippen molar-refractivity contribution in [3.05, 3.63) is 56.4 Å². The molecule has 0 saturated heterocycles. The van der Waals surface area contributed by atoms with E-state index in [0.717, 1.165) is 21.7 Å². The van der Waals surface area contributed by atoms with E-state index in [4.69, 9.17) is 0 Å². The van der Waals surface area contributed by atoms with Crippen molar-refractivity contribution in [3.8, 4) is 0 Å². The first-order valence-corrected chi connectivity index (χ1v) is 9.25. The zero-order valence-electron chi connectivity index (χ0n) is 15.7. The summed E-state index contributed by atoms with van der Waals surface area (Å²) < 4.78 is 0. The molecule has 0 fully saturated rings. The predicted molar refractivity (Wildman–Crippen MR) is 110 cm³/mol. The van der Waals surface area contributed by atoms with E-state index in [-0.39, 0.29) is 17.9 Å². The maximum absolute atomic E-state index is 12.2. The van der Waals surface area contributed by atoms with E-state index in [9.17, 15) is 9.59 Å². The molecule has 7 nitrogen and oxygen atoms in total. The Balaban J connectivity index is 1.65. The van der Waals surface area contributed by atoms with E-state index in [1.165, 1.54) is 11.3 Å². The Morgan fingerprint density at radius 3 is 2.67 bits per heavy atom. The van der Waals surface area contributed by atoms with Crippen molar-refractivity contribution in [1.29, 1.82) is 0 Å². The predicted octanol–water partition coefficient (Wildman–Crippen LogP) is 2.36. The summed E-state index contributed by atoms with van der Waals surface area (Å²) in [6, 6.07) is 7.77. The largest absolute Gasteiger partial charge is 0.378 e.